The largest absolute Gasteiger partial charge is 0.394 e. The van der Waals surface area contributed by atoms with Crippen molar-refractivity contribution in [2.75, 3.05) is 33.0 Å². The van der Waals surface area contributed by atoms with Crippen LogP contribution in [0.4, 0.5) is 0 Å². The average molecular weight is 354 g/mol. The lowest BCUT2D eigenvalue weighted by Gasteiger charge is -2.40. The molecule has 10 nitrogen and oxygen atoms in total. The van der Waals surface area contributed by atoms with Gasteiger partial charge < -0.3 is 50.0 Å². The van der Waals surface area contributed by atoms with Crippen LogP contribution in [0.5, 0.6) is 0 Å². The molecule has 0 saturated carbocycles. The first-order valence-electron chi connectivity index (χ1n) is 7.83. The summed E-state index contributed by atoms with van der Waals surface area (Å²) in [5, 5.41) is 66.8. The molecule has 2 aliphatic rings. The summed E-state index contributed by atoms with van der Waals surface area (Å²) in [5.74, 6) is 0. The molecule has 0 bridgehead atoms. The number of hydrogen-bond acceptors (Lipinski definition) is 10. The van der Waals surface area contributed by atoms with Crippen LogP contribution in [0.25, 0.3) is 0 Å². The van der Waals surface area contributed by atoms with Crippen molar-refractivity contribution in [3.05, 3.63) is 0 Å². The van der Waals surface area contributed by atoms with Crippen LogP contribution in [0.3, 0.4) is 0 Å². The minimum Gasteiger partial charge on any atom is -0.394 e. The summed E-state index contributed by atoms with van der Waals surface area (Å²) >= 11 is 0. The number of aliphatic hydroxyl groups is 7. The van der Waals surface area contributed by atoms with Gasteiger partial charge in [-0.05, 0) is 0 Å². The molecule has 24 heavy (non-hydrogen) atoms. The second-order valence-corrected chi connectivity index (χ2v) is 6.33. The molecule has 7 N–H and O–H groups in total. The minimum absolute atomic E-state index is 0.0728. The van der Waals surface area contributed by atoms with Gasteiger partial charge in [-0.2, -0.15) is 0 Å². The van der Waals surface area contributed by atoms with Crippen LogP contribution in [0.1, 0.15) is 6.42 Å². The zero-order chi connectivity index (χ0) is 17.9. The van der Waals surface area contributed by atoms with Crippen LogP contribution >= 0.6 is 0 Å². The summed E-state index contributed by atoms with van der Waals surface area (Å²) in [6, 6.07) is 0. The molecule has 0 aromatic rings. The van der Waals surface area contributed by atoms with Crippen molar-refractivity contribution in [3.8, 4) is 0 Å². The Morgan fingerprint density at radius 3 is 2.04 bits per heavy atom. The van der Waals surface area contributed by atoms with E-state index in [0.717, 1.165) is 0 Å². The van der Waals surface area contributed by atoms with Crippen LogP contribution < -0.4 is 0 Å². The summed E-state index contributed by atoms with van der Waals surface area (Å²) in [5.41, 5.74) is -1.18. The highest BCUT2D eigenvalue weighted by molar-refractivity contribution is 4.95. The van der Waals surface area contributed by atoms with Crippen molar-refractivity contribution in [2.45, 2.75) is 54.7 Å². The van der Waals surface area contributed by atoms with Crippen molar-refractivity contribution >= 4 is 0 Å². The molecule has 0 aliphatic carbocycles. The van der Waals surface area contributed by atoms with E-state index in [1.165, 1.54) is 0 Å². The summed E-state index contributed by atoms with van der Waals surface area (Å²) in [6.07, 6.45) is -8.02. The Morgan fingerprint density at radius 2 is 1.50 bits per heavy atom. The molecule has 2 saturated heterocycles. The lowest BCUT2D eigenvalue weighted by Crippen LogP contribution is -2.59. The molecule has 2 fully saturated rings. The van der Waals surface area contributed by atoms with Gasteiger partial charge in [0.1, 0.15) is 42.2 Å². The van der Waals surface area contributed by atoms with E-state index < -0.39 is 68.1 Å². The Kier molecular flexibility index (Phi) is 6.90. The van der Waals surface area contributed by atoms with E-state index in [1.807, 2.05) is 0 Å². The molecule has 2 aliphatic heterocycles. The fourth-order valence-corrected chi connectivity index (χ4v) is 3.04. The monoisotopic (exact) mass is 354 g/mol. The lowest BCUT2D eigenvalue weighted by atomic mass is 9.95. The molecule has 2 heterocycles. The van der Waals surface area contributed by atoms with Gasteiger partial charge in [0.25, 0.3) is 0 Å². The maximum absolute atomic E-state index is 9.91. The van der Waals surface area contributed by atoms with E-state index in [2.05, 4.69) is 0 Å². The highest BCUT2D eigenvalue weighted by atomic mass is 16.6. The minimum atomic E-state index is -1.49. The maximum atomic E-state index is 9.91. The summed E-state index contributed by atoms with van der Waals surface area (Å²) < 4.78 is 16.1. The highest BCUT2D eigenvalue weighted by Crippen LogP contribution is 2.31. The zero-order valence-corrected chi connectivity index (χ0v) is 13.1. The highest BCUT2D eigenvalue weighted by Gasteiger charge is 2.47. The molecular formula is C14H26O10. The molecule has 142 valence electrons. The van der Waals surface area contributed by atoms with Gasteiger partial charge in [-0.15, -0.1) is 0 Å². The summed E-state index contributed by atoms with van der Waals surface area (Å²) in [6.45, 7) is -1.68. The molecule has 0 amide bonds. The molecule has 8 unspecified atom stereocenters. The number of aliphatic hydroxyl groups excluding tert-OH is 7. The third-order valence-corrected chi connectivity index (χ3v) is 4.52. The molecule has 8 atom stereocenters. The lowest BCUT2D eigenvalue weighted by molar-refractivity contribution is -0.242. The molecule has 0 aromatic carbocycles. The van der Waals surface area contributed by atoms with Crippen molar-refractivity contribution in [2.24, 2.45) is 0 Å². The summed E-state index contributed by atoms with van der Waals surface area (Å²) in [7, 11) is 0. The Hall–Kier alpha value is -0.400. The number of rotatable bonds is 7. The first-order chi connectivity index (χ1) is 11.4. The first-order valence-corrected chi connectivity index (χ1v) is 7.83. The Bertz CT molecular complexity index is 394. The van der Waals surface area contributed by atoms with Crippen molar-refractivity contribution in [1.82, 2.24) is 0 Å². The van der Waals surface area contributed by atoms with Gasteiger partial charge in [0.15, 0.2) is 0 Å². The zero-order valence-electron chi connectivity index (χ0n) is 13.1. The quantitative estimate of drug-likeness (QED) is 0.237. The van der Waals surface area contributed by atoms with E-state index in [0.29, 0.717) is 0 Å². The van der Waals surface area contributed by atoms with Gasteiger partial charge in [-0.25, -0.2) is 0 Å². The van der Waals surface area contributed by atoms with E-state index in [4.69, 9.17) is 24.4 Å². The third kappa shape index (κ3) is 4.05. The molecule has 10 heteroatoms. The van der Waals surface area contributed by atoms with Crippen LogP contribution in [0.15, 0.2) is 0 Å². The molecule has 0 radical (unpaired) electrons. The molecule has 0 aromatic heterocycles. The molecular weight excluding hydrogens is 328 g/mol. The van der Waals surface area contributed by atoms with E-state index in [-0.39, 0.29) is 19.6 Å². The van der Waals surface area contributed by atoms with Crippen molar-refractivity contribution in [3.63, 3.8) is 0 Å². The van der Waals surface area contributed by atoms with Crippen LogP contribution in [0.2, 0.25) is 0 Å². The Morgan fingerprint density at radius 1 is 0.875 bits per heavy atom. The van der Waals surface area contributed by atoms with Gasteiger partial charge in [0.2, 0.25) is 0 Å². The van der Waals surface area contributed by atoms with Gasteiger partial charge >= 0.3 is 0 Å². The smallest absolute Gasteiger partial charge is 0.117 e. The fraction of sp³-hybridized carbons (Fsp3) is 1.00. The average Bonchev–Trinajstić information content (AvgIpc) is 2.91. The topological polar surface area (TPSA) is 169 Å². The predicted molar refractivity (Wildman–Crippen MR) is 77.0 cm³/mol. The molecule has 2 rings (SSSR count). The first kappa shape index (κ1) is 19.9. The maximum Gasteiger partial charge on any atom is 0.117 e. The van der Waals surface area contributed by atoms with Crippen LogP contribution in [-0.2, 0) is 14.2 Å². The van der Waals surface area contributed by atoms with Crippen LogP contribution in [-0.4, -0.2) is 117 Å². The van der Waals surface area contributed by atoms with E-state index in [9.17, 15) is 25.5 Å². The van der Waals surface area contributed by atoms with Gasteiger partial charge in [-0.3, -0.25) is 0 Å². The predicted octanol–water partition coefficient (Wildman–Crippen LogP) is -4.28. The SMILES string of the molecule is OCC1OC(CO)(COCC2OC(CO)C(O)C(O)C2O)CC1O. The third-order valence-electron chi connectivity index (χ3n) is 4.52. The van der Waals surface area contributed by atoms with Gasteiger partial charge in [-0.1, -0.05) is 0 Å². The van der Waals surface area contributed by atoms with E-state index >= 15 is 0 Å². The summed E-state index contributed by atoms with van der Waals surface area (Å²) in [4.78, 5) is 0. The van der Waals surface area contributed by atoms with Crippen molar-refractivity contribution in [1.29, 1.82) is 0 Å². The van der Waals surface area contributed by atoms with E-state index in [1.54, 1.807) is 0 Å². The second-order valence-electron chi connectivity index (χ2n) is 6.33. The van der Waals surface area contributed by atoms with Crippen molar-refractivity contribution < 1.29 is 50.0 Å². The fourth-order valence-electron chi connectivity index (χ4n) is 3.04. The number of ether oxygens (including phenoxy) is 3. The Balaban J connectivity index is 1.88. The van der Waals surface area contributed by atoms with Gasteiger partial charge in [0, 0.05) is 6.42 Å². The Labute approximate surface area is 138 Å². The van der Waals surface area contributed by atoms with Crippen LogP contribution in [0, 0.1) is 0 Å². The standard InChI is InChI=1S/C14H26O10/c15-2-8-7(18)1-14(5-17,24-8)6-22-4-10-12(20)13(21)11(19)9(3-16)23-10/h7-13,15-21H,1-6H2. The van der Waals surface area contributed by atoms with Gasteiger partial charge in [0.05, 0.1) is 39.1 Å². The molecule has 0 spiro atoms. The second kappa shape index (κ2) is 8.32. The number of hydrogen-bond donors (Lipinski definition) is 7. The normalized spacial score (nSPS) is 46.4.